The fourth-order valence-electron chi connectivity index (χ4n) is 2.50. The minimum Gasteiger partial charge on any atom is -0.490 e. The van der Waals surface area contributed by atoms with Gasteiger partial charge in [-0.2, -0.15) is 0 Å². The van der Waals surface area contributed by atoms with Crippen molar-refractivity contribution in [1.29, 1.82) is 0 Å². The van der Waals surface area contributed by atoms with Crippen LogP contribution in [0.5, 0.6) is 5.75 Å². The van der Waals surface area contributed by atoms with E-state index in [4.69, 9.17) is 4.74 Å². The largest absolute Gasteiger partial charge is 0.490 e. The van der Waals surface area contributed by atoms with Gasteiger partial charge in [0.1, 0.15) is 17.4 Å². The molecule has 5 nitrogen and oxygen atoms in total. The second-order valence-electron chi connectivity index (χ2n) is 5.48. The van der Waals surface area contributed by atoms with E-state index in [2.05, 4.69) is 28.6 Å². The summed E-state index contributed by atoms with van der Waals surface area (Å²) in [5.74, 6) is 0.904. The summed E-state index contributed by atoms with van der Waals surface area (Å²) in [5.41, 5.74) is 3.38. The lowest BCUT2D eigenvalue weighted by atomic mass is 10.0. The minimum atomic E-state index is -0.201. The molecule has 3 rings (SSSR count). The molecule has 6 heteroatoms. The maximum atomic E-state index is 12.0. The van der Waals surface area contributed by atoms with E-state index in [9.17, 15) is 4.79 Å². The molecule has 1 aliphatic heterocycles. The Balaban J connectivity index is 1.61. The molecule has 0 aliphatic carbocycles. The first kappa shape index (κ1) is 14.8. The fourth-order valence-corrected chi connectivity index (χ4v) is 3.23. The SMILES string of the molecule is Cc1cnc(CNC(=O)NC2COc3c2ccc(C)c3C)s1. The highest BCUT2D eigenvalue weighted by Gasteiger charge is 2.27. The van der Waals surface area contributed by atoms with Crippen molar-refractivity contribution in [1.82, 2.24) is 15.6 Å². The first-order valence-electron chi connectivity index (χ1n) is 7.23. The number of ether oxygens (including phenoxy) is 1. The lowest BCUT2D eigenvalue weighted by Gasteiger charge is -2.13. The maximum Gasteiger partial charge on any atom is 0.315 e. The molecule has 0 saturated heterocycles. The normalized spacial score (nSPS) is 16.0. The van der Waals surface area contributed by atoms with Gasteiger partial charge in [-0.15, -0.1) is 11.3 Å². The number of rotatable bonds is 3. The predicted octanol–water partition coefficient (Wildman–Crippen LogP) is 3.00. The van der Waals surface area contributed by atoms with E-state index in [0.29, 0.717) is 13.2 Å². The van der Waals surface area contributed by atoms with E-state index in [1.165, 1.54) is 5.56 Å². The van der Waals surface area contributed by atoms with Crippen LogP contribution in [0.15, 0.2) is 18.3 Å². The first-order valence-corrected chi connectivity index (χ1v) is 8.05. The molecule has 1 aliphatic rings. The highest BCUT2D eigenvalue weighted by Crippen LogP contribution is 2.36. The Morgan fingerprint density at radius 3 is 2.95 bits per heavy atom. The topological polar surface area (TPSA) is 63.2 Å². The Labute approximate surface area is 133 Å². The molecule has 22 heavy (non-hydrogen) atoms. The van der Waals surface area contributed by atoms with Crippen molar-refractivity contribution < 1.29 is 9.53 Å². The van der Waals surface area contributed by atoms with Crippen LogP contribution in [0.1, 0.15) is 32.6 Å². The average Bonchev–Trinajstić information content (AvgIpc) is 3.08. The number of hydrogen-bond acceptors (Lipinski definition) is 4. The highest BCUT2D eigenvalue weighted by molar-refractivity contribution is 7.11. The van der Waals surface area contributed by atoms with Crippen LogP contribution >= 0.6 is 11.3 Å². The molecule has 0 fully saturated rings. The third kappa shape index (κ3) is 2.92. The van der Waals surface area contributed by atoms with Crippen LogP contribution in [-0.4, -0.2) is 17.6 Å². The summed E-state index contributed by atoms with van der Waals surface area (Å²) in [6.45, 7) is 7.02. The molecule has 1 unspecified atom stereocenters. The average molecular weight is 317 g/mol. The summed E-state index contributed by atoms with van der Waals surface area (Å²) in [6, 6.07) is 3.79. The molecule has 2 aromatic rings. The zero-order valence-corrected chi connectivity index (χ0v) is 13.7. The molecular formula is C16H19N3O2S. The molecule has 1 aromatic heterocycles. The molecule has 2 heterocycles. The van der Waals surface area contributed by atoms with Gasteiger partial charge in [0.05, 0.1) is 12.6 Å². The molecule has 116 valence electrons. The Morgan fingerprint density at radius 2 is 2.23 bits per heavy atom. The fraction of sp³-hybridized carbons (Fsp3) is 0.375. The number of benzene rings is 1. The van der Waals surface area contributed by atoms with Crippen molar-refractivity contribution in [2.24, 2.45) is 0 Å². The monoisotopic (exact) mass is 317 g/mol. The van der Waals surface area contributed by atoms with Crippen molar-refractivity contribution in [3.05, 3.63) is 44.9 Å². The lowest BCUT2D eigenvalue weighted by molar-refractivity contribution is 0.231. The van der Waals surface area contributed by atoms with E-state index in [-0.39, 0.29) is 12.1 Å². The van der Waals surface area contributed by atoms with Gasteiger partial charge in [0.25, 0.3) is 0 Å². The molecule has 1 atom stereocenters. The summed E-state index contributed by atoms with van der Waals surface area (Å²) < 4.78 is 5.74. The van der Waals surface area contributed by atoms with Gasteiger partial charge in [0.2, 0.25) is 0 Å². The van der Waals surface area contributed by atoms with Gasteiger partial charge < -0.3 is 15.4 Å². The molecule has 0 saturated carbocycles. The van der Waals surface area contributed by atoms with Gasteiger partial charge in [-0.1, -0.05) is 12.1 Å². The number of aromatic nitrogens is 1. The van der Waals surface area contributed by atoms with Gasteiger partial charge >= 0.3 is 6.03 Å². The molecule has 0 radical (unpaired) electrons. The lowest BCUT2D eigenvalue weighted by Crippen LogP contribution is -2.38. The second kappa shape index (κ2) is 5.96. The molecular weight excluding hydrogens is 298 g/mol. The Bertz CT molecular complexity index is 711. The number of thiazole rings is 1. The number of carbonyl (C=O) groups excluding carboxylic acids is 1. The van der Waals surface area contributed by atoms with Crippen molar-refractivity contribution in [3.8, 4) is 5.75 Å². The number of fused-ring (bicyclic) bond motifs is 1. The van der Waals surface area contributed by atoms with Crippen molar-refractivity contribution in [2.45, 2.75) is 33.4 Å². The van der Waals surface area contributed by atoms with Crippen molar-refractivity contribution in [3.63, 3.8) is 0 Å². The minimum absolute atomic E-state index is 0.104. The van der Waals surface area contributed by atoms with Crippen LogP contribution in [-0.2, 0) is 6.54 Å². The number of carbonyl (C=O) groups is 1. The zero-order chi connectivity index (χ0) is 15.7. The molecule has 0 spiro atoms. The van der Waals surface area contributed by atoms with Crippen molar-refractivity contribution >= 4 is 17.4 Å². The molecule has 1 aromatic carbocycles. The van der Waals surface area contributed by atoms with Gasteiger partial charge in [0, 0.05) is 16.6 Å². The summed E-state index contributed by atoms with van der Waals surface area (Å²) in [5, 5.41) is 6.70. The van der Waals surface area contributed by atoms with Crippen molar-refractivity contribution in [2.75, 3.05) is 6.61 Å². The zero-order valence-electron chi connectivity index (χ0n) is 12.9. The van der Waals surface area contributed by atoms with Gasteiger partial charge in [-0.05, 0) is 31.9 Å². The van der Waals surface area contributed by atoms with Crippen LogP contribution < -0.4 is 15.4 Å². The van der Waals surface area contributed by atoms with Gasteiger partial charge in [0.15, 0.2) is 0 Å². The number of aryl methyl sites for hydroxylation is 2. The van der Waals surface area contributed by atoms with E-state index < -0.39 is 0 Å². The second-order valence-corrected chi connectivity index (χ2v) is 6.80. The van der Waals surface area contributed by atoms with Crippen LogP contribution in [0.25, 0.3) is 0 Å². The summed E-state index contributed by atoms with van der Waals surface area (Å²) in [6.07, 6.45) is 1.81. The van der Waals surface area contributed by atoms with E-state index in [1.807, 2.05) is 26.1 Å². The molecule has 2 amide bonds. The van der Waals surface area contributed by atoms with E-state index >= 15 is 0 Å². The first-order chi connectivity index (χ1) is 10.5. The maximum absolute atomic E-state index is 12.0. The number of urea groups is 1. The van der Waals surface area contributed by atoms with Gasteiger partial charge in [-0.25, -0.2) is 9.78 Å². The Morgan fingerprint density at radius 1 is 1.41 bits per heavy atom. The number of nitrogens with one attached hydrogen (secondary N) is 2. The number of amides is 2. The van der Waals surface area contributed by atoms with Crippen LogP contribution in [0, 0.1) is 20.8 Å². The third-order valence-electron chi connectivity index (χ3n) is 3.85. The van der Waals surface area contributed by atoms with E-state index in [1.54, 1.807) is 11.3 Å². The molecule has 2 N–H and O–H groups in total. The summed E-state index contributed by atoms with van der Waals surface area (Å²) in [7, 11) is 0. The molecule has 0 bridgehead atoms. The smallest absolute Gasteiger partial charge is 0.315 e. The third-order valence-corrected chi connectivity index (χ3v) is 4.76. The standard InChI is InChI=1S/C16H19N3O2S/c1-9-4-5-12-13(8-21-15(12)11(9)3)19-16(20)18-7-14-17-6-10(2)22-14/h4-6,13H,7-8H2,1-3H3,(H2,18,19,20). The number of hydrogen-bond donors (Lipinski definition) is 2. The van der Waals surface area contributed by atoms with Gasteiger partial charge in [-0.3, -0.25) is 0 Å². The predicted molar refractivity (Wildman–Crippen MR) is 86.4 cm³/mol. The highest BCUT2D eigenvalue weighted by atomic mass is 32.1. The van der Waals surface area contributed by atoms with Crippen LogP contribution in [0.3, 0.4) is 0 Å². The van der Waals surface area contributed by atoms with Crippen LogP contribution in [0.2, 0.25) is 0 Å². The Kier molecular flexibility index (Phi) is 4.02. The van der Waals surface area contributed by atoms with E-state index in [0.717, 1.165) is 26.8 Å². The summed E-state index contributed by atoms with van der Waals surface area (Å²) >= 11 is 1.59. The Hall–Kier alpha value is -2.08. The number of nitrogens with zero attached hydrogens (tertiary/aromatic N) is 1. The quantitative estimate of drug-likeness (QED) is 0.915. The summed E-state index contributed by atoms with van der Waals surface area (Å²) in [4.78, 5) is 17.4. The van der Waals surface area contributed by atoms with Crippen LogP contribution in [0.4, 0.5) is 4.79 Å².